The van der Waals surface area contributed by atoms with Gasteiger partial charge in [-0.3, -0.25) is 19.9 Å². The Bertz CT molecular complexity index is 757. The number of aromatic nitrogens is 4. The Labute approximate surface area is 121 Å². The number of nitrogens with zero attached hydrogens (tertiary/aromatic N) is 3. The molecule has 0 saturated heterocycles. The average molecular weight is 291 g/mol. The molecule has 2 aromatic rings. The summed E-state index contributed by atoms with van der Waals surface area (Å²) < 4.78 is 2.10. The Hall–Kier alpha value is -1.73. The monoisotopic (exact) mass is 291 g/mol. The van der Waals surface area contributed by atoms with E-state index < -0.39 is 0 Å². The normalized spacial score (nSPS) is 15.3. The van der Waals surface area contributed by atoms with Crippen LogP contribution in [0.1, 0.15) is 18.2 Å². The van der Waals surface area contributed by atoms with Crippen LogP contribution in [0, 0.1) is 4.77 Å². The maximum absolute atomic E-state index is 12.4. The third-order valence-corrected chi connectivity index (χ3v) is 4.08. The topological polar surface area (TPSA) is 69.7 Å². The van der Waals surface area contributed by atoms with Crippen molar-refractivity contribution in [2.24, 2.45) is 7.05 Å². The van der Waals surface area contributed by atoms with E-state index in [1.165, 1.54) is 5.56 Å². The largest absolute Gasteiger partial charge is 0.315 e. The van der Waals surface area contributed by atoms with Crippen molar-refractivity contribution in [3.8, 4) is 11.4 Å². The van der Waals surface area contributed by atoms with E-state index in [-0.39, 0.29) is 5.56 Å². The minimum atomic E-state index is -0.0357. The van der Waals surface area contributed by atoms with Crippen molar-refractivity contribution in [2.45, 2.75) is 19.9 Å². The number of fused-ring (bicyclic) bond motifs is 1. The van der Waals surface area contributed by atoms with E-state index in [2.05, 4.69) is 27.0 Å². The second-order valence-corrected chi connectivity index (χ2v) is 5.42. The van der Waals surface area contributed by atoms with Gasteiger partial charge in [-0.05, 0) is 30.4 Å². The van der Waals surface area contributed by atoms with Crippen LogP contribution in [0.25, 0.3) is 11.4 Å². The number of hydrogen-bond donors (Lipinski definition) is 2. The summed E-state index contributed by atoms with van der Waals surface area (Å²) in [5, 5.41) is 5.59. The fourth-order valence-electron chi connectivity index (χ4n) is 2.72. The van der Waals surface area contributed by atoms with Gasteiger partial charge in [0.1, 0.15) is 0 Å². The van der Waals surface area contributed by atoms with Crippen molar-refractivity contribution < 1.29 is 0 Å². The molecule has 0 unspecified atom stereocenters. The molecule has 1 aliphatic rings. The fourth-order valence-corrected chi connectivity index (χ4v) is 2.87. The molecule has 106 valence electrons. The number of likely N-dealkylation sites (N-methyl/N-ethyl adjacent to an activating group) is 1. The second kappa shape index (κ2) is 4.99. The Morgan fingerprint density at radius 3 is 2.90 bits per heavy atom. The molecule has 1 aliphatic heterocycles. The second-order valence-electron chi connectivity index (χ2n) is 5.03. The number of nitrogens with one attached hydrogen (secondary N) is 2. The summed E-state index contributed by atoms with van der Waals surface area (Å²) in [6.45, 7) is 5.04. The van der Waals surface area contributed by atoms with Crippen LogP contribution < -0.4 is 5.56 Å². The Morgan fingerprint density at radius 2 is 2.25 bits per heavy atom. The van der Waals surface area contributed by atoms with Crippen molar-refractivity contribution in [1.82, 2.24) is 24.6 Å². The lowest BCUT2D eigenvalue weighted by Gasteiger charge is -2.29. The highest BCUT2D eigenvalue weighted by atomic mass is 32.1. The molecule has 3 heterocycles. The lowest BCUT2D eigenvalue weighted by Crippen LogP contribution is -2.35. The molecule has 0 aromatic carbocycles. The number of aromatic amines is 2. The molecule has 6 nitrogen and oxygen atoms in total. The summed E-state index contributed by atoms with van der Waals surface area (Å²) in [7, 11) is 1.83. The third-order valence-electron chi connectivity index (χ3n) is 3.89. The van der Waals surface area contributed by atoms with Gasteiger partial charge in [0.2, 0.25) is 4.77 Å². The van der Waals surface area contributed by atoms with Gasteiger partial charge in [-0.25, -0.2) is 0 Å². The summed E-state index contributed by atoms with van der Waals surface area (Å²) in [4.78, 5) is 19.0. The van der Waals surface area contributed by atoms with Crippen molar-refractivity contribution in [2.75, 3.05) is 13.1 Å². The molecule has 0 fully saturated rings. The van der Waals surface area contributed by atoms with Gasteiger partial charge in [-0.2, -0.15) is 4.98 Å². The number of pyridine rings is 1. The van der Waals surface area contributed by atoms with Gasteiger partial charge in [-0.15, -0.1) is 0 Å². The summed E-state index contributed by atoms with van der Waals surface area (Å²) in [6.07, 6.45) is 0.908. The van der Waals surface area contributed by atoms with E-state index in [1.54, 1.807) is 4.57 Å². The van der Waals surface area contributed by atoms with Gasteiger partial charge >= 0.3 is 0 Å². The van der Waals surface area contributed by atoms with Gasteiger partial charge < -0.3 is 4.57 Å². The van der Waals surface area contributed by atoms with Crippen LogP contribution in [0.3, 0.4) is 0 Å². The zero-order valence-electron chi connectivity index (χ0n) is 11.6. The van der Waals surface area contributed by atoms with Gasteiger partial charge in [0, 0.05) is 32.3 Å². The zero-order chi connectivity index (χ0) is 14.3. The first kappa shape index (κ1) is 13.3. The molecule has 20 heavy (non-hydrogen) atoms. The van der Waals surface area contributed by atoms with E-state index in [9.17, 15) is 4.79 Å². The lowest BCUT2D eigenvalue weighted by molar-refractivity contribution is 0.263. The quantitative estimate of drug-likeness (QED) is 0.816. The molecule has 0 atom stereocenters. The van der Waals surface area contributed by atoms with Gasteiger partial charge in [0.25, 0.3) is 5.56 Å². The maximum Gasteiger partial charge on any atom is 0.261 e. The highest BCUT2D eigenvalue weighted by molar-refractivity contribution is 7.71. The summed E-state index contributed by atoms with van der Waals surface area (Å²) in [6, 6.07) is 1.95. The molecule has 0 amide bonds. The molecule has 2 aromatic heterocycles. The van der Waals surface area contributed by atoms with Crippen LogP contribution in [0.15, 0.2) is 10.9 Å². The van der Waals surface area contributed by atoms with Crippen LogP contribution in [0.2, 0.25) is 0 Å². The summed E-state index contributed by atoms with van der Waals surface area (Å²) in [5.41, 5.74) is 2.85. The summed E-state index contributed by atoms with van der Waals surface area (Å²) >= 11 is 4.95. The first-order valence-electron chi connectivity index (χ1n) is 6.69. The third kappa shape index (κ3) is 2.12. The van der Waals surface area contributed by atoms with Crippen LogP contribution in [0.5, 0.6) is 0 Å². The van der Waals surface area contributed by atoms with E-state index in [1.807, 2.05) is 13.1 Å². The smallest absolute Gasteiger partial charge is 0.261 e. The number of H-pyrrole nitrogens is 2. The average Bonchev–Trinajstić information content (AvgIpc) is 2.88. The van der Waals surface area contributed by atoms with Crippen LogP contribution >= 0.6 is 12.2 Å². The predicted octanol–water partition coefficient (Wildman–Crippen LogP) is 1.21. The van der Waals surface area contributed by atoms with Gasteiger partial charge in [-0.1, -0.05) is 6.92 Å². The molecule has 2 N–H and O–H groups in total. The van der Waals surface area contributed by atoms with Crippen molar-refractivity contribution in [3.63, 3.8) is 0 Å². The molecule has 0 saturated carbocycles. The molecule has 0 radical (unpaired) electrons. The zero-order valence-corrected chi connectivity index (χ0v) is 12.4. The van der Waals surface area contributed by atoms with Crippen molar-refractivity contribution >= 4 is 12.2 Å². The standard InChI is InChI=1S/C13H17N5OS/c1-3-18-5-4-10-8(7-18)6-9(12(19)17(10)2)11-14-13(20)16-15-11/h6H,3-5,7H2,1-2H3,(H2,14,15,16,20). The highest BCUT2D eigenvalue weighted by Crippen LogP contribution is 2.21. The van der Waals surface area contributed by atoms with Crippen LogP contribution in [-0.2, 0) is 20.0 Å². The number of hydrogen-bond acceptors (Lipinski definition) is 4. The summed E-state index contributed by atoms with van der Waals surface area (Å²) in [5.74, 6) is 0.507. The fraction of sp³-hybridized carbons (Fsp3) is 0.462. The van der Waals surface area contributed by atoms with Gasteiger partial charge in [0.05, 0.1) is 5.56 Å². The van der Waals surface area contributed by atoms with Crippen LogP contribution in [-0.4, -0.2) is 37.7 Å². The SMILES string of the molecule is CCN1CCc2c(cc(-c3nc(=S)[nH][nH]3)c(=O)n2C)C1. The first-order chi connectivity index (χ1) is 9.60. The molecule has 0 aliphatic carbocycles. The lowest BCUT2D eigenvalue weighted by atomic mass is 10.0. The van der Waals surface area contributed by atoms with Crippen LogP contribution in [0.4, 0.5) is 0 Å². The molecule has 0 spiro atoms. The minimum absolute atomic E-state index is 0.0357. The van der Waals surface area contributed by atoms with E-state index in [0.29, 0.717) is 16.2 Å². The molecule has 3 rings (SSSR count). The molecule has 0 bridgehead atoms. The minimum Gasteiger partial charge on any atom is -0.315 e. The Balaban J connectivity index is 2.16. The molecule has 7 heteroatoms. The van der Waals surface area contributed by atoms with E-state index in [0.717, 1.165) is 31.7 Å². The predicted molar refractivity (Wildman–Crippen MR) is 79.1 cm³/mol. The van der Waals surface area contributed by atoms with E-state index in [4.69, 9.17) is 12.2 Å². The Kier molecular flexibility index (Phi) is 3.31. The molecular weight excluding hydrogens is 274 g/mol. The van der Waals surface area contributed by atoms with E-state index >= 15 is 0 Å². The first-order valence-corrected chi connectivity index (χ1v) is 7.10. The highest BCUT2D eigenvalue weighted by Gasteiger charge is 2.21. The van der Waals surface area contributed by atoms with Crippen molar-refractivity contribution in [3.05, 3.63) is 32.4 Å². The number of rotatable bonds is 2. The maximum atomic E-state index is 12.4. The molecular formula is C13H17N5OS. The van der Waals surface area contributed by atoms with Crippen molar-refractivity contribution in [1.29, 1.82) is 0 Å². The Morgan fingerprint density at radius 1 is 1.45 bits per heavy atom. The van der Waals surface area contributed by atoms with Gasteiger partial charge in [0.15, 0.2) is 5.82 Å².